The Kier molecular flexibility index (Phi) is 4.41. The van der Waals surface area contributed by atoms with Gasteiger partial charge in [-0.2, -0.15) is 0 Å². The zero-order valence-electron chi connectivity index (χ0n) is 15.6. The van der Waals surface area contributed by atoms with Crippen LogP contribution < -0.4 is 9.47 Å². The number of nitrogens with zero attached hydrogens (tertiary/aromatic N) is 1. The van der Waals surface area contributed by atoms with Gasteiger partial charge < -0.3 is 14.6 Å². The van der Waals surface area contributed by atoms with Gasteiger partial charge in [-0.15, -0.1) is 0 Å². The lowest BCUT2D eigenvalue weighted by Crippen LogP contribution is -2.23. The number of ether oxygens (including phenoxy) is 2. The van der Waals surface area contributed by atoms with E-state index in [0.717, 1.165) is 18.5 Å². The standard InChI is InChI=1S/C24H23NO3/c26-22-13-24-23(27-16-28-24)12-20(22)15-25-14-19(17-7-3-1-4-8-17)11-21(25)18-9-5-2-6-10-18/h1-10,12-13,19,21,26H,11,14-16H2. The molecule has 2 heterocycles. The number of phenols is 1. The van der Waals surface area contributed by atoms with Gasteiger partial charge in [0.05, 0.1) is 0 Å². The molecule has 0 saturated carbocycles. The van der Waals surface area contributed by atoms with E-state index in [-0.39, 0.29) is 12.5 Å². The van der Waals surface area contributed by atoms with Gasteiger partial charge in [-0.25, -0.2) is 0 Å². The first-order chi connectivity index (χ1) is 13.8. The van der Waals surface area contributed by atoms with E-state index >= 15 is 0 Å². The van der Waals surface area contributed by atoms with Crippen molar-refractivity contribution in [3.05, 3.63) is 89.5 Å². The highest BCUT2D eigenvalue weighted by atomic mass is 16.7. The van der Waals surface area contributed by atoms with Crippen LogP contribution >= 0.6 is 0 Å². The second-order valence-electron chi connectivity index (χ2n) is 7.53. The van der Waals surface area contributed by atoms with E-state index in [1.807, 2.05) is 6.07 Å². The zero-order valence-corrected chi connectivity index (χ0v) is 15.6. The number of phenolic OH excluding ortho intramolecular Hbond substituents is 1. The van der Waals surface area contributed by atoms with Crippen LogP contribution in [0.15, 0.2) is 72.8 Å². The molecule has 1 saturated heterocycles. The Morgan fingerprint density at radius 3 is 2.21 bits per heavy atom. The third-order valence-electron chi connectivity index (χ3n) is 5.81. The molecule has 2 atom stereocenters. The maximum Gasteiger partial charge on any atom is 0.231 e. The van der Waals surface area contributed by atoms with Crippen LogP contribution in [-0.2, 0) is 6.54 Å². The average molecular weight is 373 g/mol. The lowest BCUT2D eigenvalue weighted by atomic mass is 9.94. The molecule has 5 rings (SSSR count). The Morgan fingerprint density at radius 2 is 1.50 bits per heavy atom. The van der Waals surface area contributed by atoms with E-state index < -0.39 is 0 Å². The Morgan fingerprint density at radius 1 is 0.857 bits per heavy atom. The minimum Gasteiger partial charge on any atom is -0.507 e. The summed E-state index contributed by atoms with van der Waals surface area (Å²) in [7, 11) is 0. The summed E-state index contributed by atoms with van der Waals surface area (Å²) in [4.78, 5) is 2.46. The third-order valence-corrected chi connectivity index (χ3v) is 5.81. The maximum absolute atomic E-state index is 10.5. The minimum atomic E-state index is 0.213. The second kappa shape index (κ2) is 7.21. The first kappa shape index (κ1) is 17.1. The van der Waals surface area contributed by atoms with Crippen molar-refractivity contribution < 1.29 is 14.6 Å². The smallest absolute Gasteiger partial charge is 0.231 e. The summed E-state index contributed by atoms with van der Waals surface area (Å²) in [6.45, 7) is 1.84. The lowest BCUT2D eigenvalue weighted by molar-refractivity contribution is 0.173. The molecule has 28 heavy (non-hydrogen) atoms. The van der Waals surface area contributed by atoms with Crippen molar-refractivity contribution in [2.75, 3.05) is 13.3 Å². The minimum absolute atomic E-state index is 0.213. The molecule has 0 amide bonds. The summed E-state index contributed by atoms with van der Waals surface area (Å²) in [6, 6.07) is 25.3. The molecule has 0 bridgehead atoms. The van der Waals surface area contributed by atoms with E-state index in [0.29, 0.717) is 30.0 Å². The summed E-state index contributed by atoms with van der Waals surface area (Å²) in [5.41, 5.74) is 3.57. The SMILES string of the molecule is Oc1cc2c(cc1CN1CC(c3ccccc3)CC1c1ccccc1)OCO2. The summed E-state index contributed by atoms with van der Waals surface area (Å²) in [5.74, 6) is 2.06. The Hall–Kier alpha value is -2.98. The van der Waals surface area contributed by atoms with Gasteiger partial charge in [0.1, 0.15) is 5.75 Å². The van der Waals surface area contributed by atoms with Gasteiger partial charge in [0.25, 0.3) is 0 Å². The molecule has 0 aliphatic carbocycles. The van der Waals surface area contributed by atoms with E-state index in [2.05, 4.69) is 65.6 Å². The van der Waals surface area contributed by atoms with Crippen LogP contribution in [0.5, 0.6) is 17.2 Å². The molecule has 142 valence electrons. The largest absolute Gasteiger partial charge is 0.507 e. The first-order valence-electron chi connectivity index (χ1n) is 9.73. The highest BCUT2D eigenvalue weighted by Crippen LogP contribution is 2.43. The summed E-state index contributed by atoms with van der Waals surface area (Å²) in [6.07, 6.45) is 1.07. The third kappa shape index (κ3) is 3.20. The molecule has 3 aromatic carbocycles. The van der Waals surface area contributed by atoms with Gasteiger partial charge in [-0.05, 0) is 29.5 Å². The highest BCUT2D eigenvalue weighted by Gasteiger charge is 2.34. The van der Waals surface area contributed by atoms with Crippen molar-refractivity contribution in [1.82, 2.24) is 4.90 Å². The first-order valence-corrected chi connectivity index (χ1v) is 9.73. The molecule has 4 heteroatoms. The second-order valence-corrected chi connectivity index (χ2v) is 7.53. The van der Waals surface area contributed by atoms with E-state index in [4.69, 9.17) is 9.47 Å². The highest BCUT2D eigenvalue weighted by molar-refractivity contribution is 5.51. The maximum atomic E-state index is 10.5. The number of benzene rings is 3. The molecule has 0 aromatic heterocycles. The molecule has 4 nitrogen and oxygen atoms in total. The van der Waals surface area contributed by atoms with Crippen molar-refractivity contribution in [3.8, 4) is 17.2 Å². The molecule has 2 unspecified atom stereocenters. The number of rotatable bonds is 4. The molecule has 0 spiro atoms. The van der Waals surface area contributed by atoms with Crippen LogP contribution in [-0.4, -0.2) is 23.3 Å². The molecule has 1 N–H and O–H groups in total. The van der Waals surface area contributed by atoms with Crippen LogP contribution in [0.3, 0.4) is 0 Å². The summed E-state index contributed by atoms with van der Waals surface area (Å²) in [5, 5.41) is 10.5. The van der Waals surface area contributed by atoms with Crippen LogP contribution in [0.2, 0.25) is 0 Å². The molecule has 3 aromatic rings. The normalized spacial score (nSPS) is 21.1. The van der Waals surface area contributed by atoms with E-state index in [9.17, 15) is 5.11 Å². The zero-order chi connectivity index (χ0) is 18.9. The molecule has 2 aliphatic rings. The predicted molar refractivity (Wildman–Crippen MR) is 108 cm³/mol. The van der Waals surface area contributed by atoms with E-state index in [1.165, 1.54) is 11.1 Å². The quantitative estimate of drug-likeness (QED) is 0.710. The van der Waals surface area contributed by atoms with Crippen LogP contribution in [0.4, 0.5) is 0 Å². The Bertz CT molecular complexity index is 958. The fraction of sp³-hybridized carbons (Fsp3) is 0.250. The van der Waals surface area contributed by atoms with Gasteiger partial charge in [0, 0.05) is 30.8 Å². The number of hydrogen-bond acceptors (Lipinski definition) is 4. The van der Waals surface area contributed by atoms with Gasteiger partial charge in [-0.1, -0.05) is 60.7 Å². The Balaban J connectivity index is 1.45. The number of aromatic hydroxyl groups is 1. The van der Waals surface area contributed by atoms with Crippen molar-refractivity contribution in [3.63, 3.8) is 0 Å². The molecular weight excluding hydrogens is 350 g/mol. The average Bonchev–Trinajstić information content (AvgIpc) is 3.36. The van der Waals surface area contributed by atoms with Crippen molar-refractivity contribution in [1.29, 1.82) is 0 Å². The van der Waals surface area contributed by atoms with Crippen LogP contribution in [0.25, 0.3) is 0 Å². The van der Waals surface area contributed by atoms with Gasteiger partial charge in [0.2, 0.25) is 6.79 Å². The molecule has 1 fully saturated rings. The fourth-order valence-corrected chi connectivity index (χ4v) is 4.39. The number of hydrogen-bond donors (Lipinski definition) is 1. The molecule has 2 aliphatic heterocycles. The van der Waals surface area contributed by atoms with Gasteiger partial charge in [0.15, 0.2) is 11.5 Å². The van der Waals surface area contributed by atoms with Crippen LogP contribution in [0, 0.1) is 0 Å². The Labute approximate surface area is 165 Å². The monoisotopic (exact) mass is 373 g/mol. The van der Waals surface area contributed by atoms with Crippen molar-refractivity contribution in [2.45, 2.75) is 24.9 Å². The van der Waals surface area contributed by atoms with Gasteiger partial charge >= 0.3 is 0 Å². The van der Waals surface area contributed by atoms with Gasteiger partial charge in [-0.3, -0.25) is 4.90 Å². The fourth-order valence-electron chi connectivity index (χ4n) is 4.39. The molecular formula is C24H23NO3. The van der Waals surface area contributed by atoms with Crippen LogP contribution in [0.1, 0.15) is 35.1 Å². The summed E-state index contributed by atoms with van der Waals surface area (Å²) < 4.78 is 10.9. The predicted octanol–water partition coefficient (Wildman–Crippen LogP) is 4.85. The van der Waals surface area contributed by atoms with E-state index in [1.54, 1.807) is 6.07 Å². The molecule has 0 radical (unpaired) electrons. The number of fused-ring (bicyclic) bond motifs is 1. The lowest BCUT2D eigenvalue weighted by Gasteiger charge is -2.25. The topological polar surface area (TPSA) is 41.9 Å². The van der Waals surface area contributed by atoms with Crippen molar-refractivity contribution >= 4 is 0 Å². The number of likely N-dealkylation sites (tertiary alicyclic amines) is 1. The summed E-state index contributed by atoms with van der Waals surface area (Å²) >= 11 is 0. The van der Waals surface area contributed by atoms with Crippen molar-refractivity contribution in [2.24, 2.45) is 0 Å².